The zero-order valence-corrected chi connectivity index (χ0v) is 17.1. The second kappa shape index (κ2) is 10.8. The highest BCUT2D eigenvalue weighted by molar-refractivity contribution is 5.76. The SMILES string of the molecule is CCCN(CCCCN1CCCCC1=O)C(C)Cc1cccc(C(F)(F)F)c1. The van der Waals surface area contributed by atoms with Crippen LogP contribution in [0.2, 0.25) is 0 Å². The predicted octanol–water partition coefficient (Wildman–Crippen LogP) is 5.14. The molecule has 0 bridgehead atoms. The van der Waals surface area contributed by atoms with Crippen LogP contribution in [0.15, 0.2) is 24.3 Å². The van der Waals surface area contributed by atoms with Gasteiger partial charge in [-0.15, -0.1) is 0 Å². The number of unbranched alkanes of at least 4 members (excludes halogenated alkanes) is 1. The largest absolute Gasteiger partial charge is 0.416 e. The van der Waals surface area contributed by atoms with Crippen LogP contribution in [0.5, 0.6) is 0 Å². The Hall–Kier alpha value is -1.56. The molecule has 1 aromatic rings. The molecule has 0 saturated carbocycles. The predicted molar refractivity (Wildman–Crippen MR) is 106 cm³/mol. The molecule has 3 nitrogen and oxygen atoms in total. The summed E-state index contributed by atoms with van der Waals surface area (Å²) in [6.45, 7) is 7.75. The van der Waals surface area contributed by atoms with E-state index in [0.29, 0.717) is 12.8 Å². The van der Waals surface area contributed by atoms with Gasteiger partial charge in [-0.3, -0.25) is 4.79 Å². The third-order valence-electron chi connectivity index (χ3n) is 5.46. The number of likely N-dealkylation sites (tertiary alicyclic amines) is 1. The van der Waals surface area contributed by atoms with Crippen LogP contribution in [0.3, 0.4) is 0 Å². The maximum Gasteiger partial charge on any atom is 0.416 e. The van der Waals surface area contributed by atoms with Crippen molar-refractivity contribution in [1.29, 1.82) is 0 Å². The van der Waals surface area contributed by atoms with Crippen LogP contribution in [0.4, 0.5) is 13.2 Å². The van der Waals surface area contributed by atoms with Gasteiger partial charge in [-0.25, -0.2) is 0 Å². The van der Waals surface area contributed by atoms with Crippen molar-refractivity contribution >= 4 is 5.91 Å². The minimum Gasteiger partial charge on any atom is -0.343 e. The van der Waals surface area contributed by atoms with Crippen LogP contribution in [0.1, 0.15) is 63.5 Å². The molecular formula is C22H33F3N2O. The van der Waals surface area contributed by atoms with Crippen molar-refractivity contribution < 1.29 is 18.0 Å². The van der Waals surface area contributed by atoms with E-state index in [0.717, 1.165) is 69.9 Å². The van der Waals surface area contributed by atoms with Gasteiger partial charge in [0.05, 0.1) is 5.56 Å². The fraction of sp³-hybridized carbons (Fsp3) is 0.682. The van der Waals surface area contributed by atoms with Gasteiger partial charge in [0.2, 0.25) is 5.91 Å². The maximum absolute atomic E-state index is 12.9. The number of amides is 1. The number of piperidine rings is 1. The van der Waals surface area contributed by atoms with E-state index in [2.05, 4.69) is 18.7 Å². The lowest BCUT2D eigenvalue weighted by atomic mass is 10.0. The summed E-state index contributed by atoms with van der Waals surface area (Å²) in [6, 6.07) is 5.84. The average molecular weight is 399 g/mol. The molecule has 2 rings (SSSR count). The zero-order valence-electron chi connectivity index (χ0n) is 17.1. The third-order valence-corrected chi connectivity index (χ3v) is 5.46. The van der Waals surface area contributed by atoms with E-state index in [1.807, 2.05) is 4.90 Å². The second-order valence-corrected chi connectivity index (χ2v) is 7.83. The van der Waals surface area contributed by atoms with Crippen LogP contribution >= 0.6 is 0 Å². The molecule has 28 heavy (non-hydrogen) atoms. The van der Waals surface area contributed by atoms with Gasteiger partial charge >= 0.3 is 6.18 Å². The molecule has 1 atom stereocenters. The van der Waals surface area contributed by atoms with Crippen LogP contribution in [-0.4, -0.2) is 47.9 Å². The van der Waals surface area contributed by atoms with Gasteiger partial charge in [0.25, 0.3) is 0 Å². The van der Waals surface area contributed by atoms with Gasteiger partial charge in [0.15, 0.2) is 0 Å². The monoisotopic (exact) mass is 398 g/mol. The van der Waals surface area contributed by atoms with Crippen molar-refractivity contribution in [2.75, 3.05) is 26.2 Å². The summed E-state index contributed by atoms with van der Waals surface area (Å²) in [5, 5.41) is 0. The third kappa shape index (κ3) is 7.12. The van der Waals surface area contributed by atoms with Crippen molar-refractivity contribution in [2.45, 2.75) is 71.0 Å². The van der Waals surface area contributed by atoms with Gasteiger partial charge in [0, 0.05) is 25.6 Å². The number of alkyl halides is 3. The minimum atomic E-state index is -4.30. The summed E-state index contributed by atoms with van der Waals surface area (Å²) >= 11 is 0. The first-order valence-electron chi connectivity index (χ1n) is 10.5. The topological polar surface area (TPSA) is 23.6 Å². The summed E-state index contributed by atoms with van der Waals surface area (Å²) in [7, 11) is 0. The Morgan fingerprint density at radius 2 is 1.96 bits per heavy atom. The van der Waals surface area contributed by atoms with Crippen molar-refractivity contribution in [3.05, 3.63) is 35.4 Å². The molecule has 6 heteroatoms. The zero-order chi connectivity index (χ0) is 20.6. The van der Waals surface area contributed by atoms with Crippen molar-refractivity contribution in [2.24, 2.45) is 0 Å². The summed E-state index contributed by atoms with van der Waals surface area (Å²) in [5.74, 6) is 0.273. The summed E-state index contributed by atoms with van der Waals surface area (Å²) in [5.41, 5.74) is 0.146. The molecule has 1 aromatic carbocycles. The van der Waals surface area contributed by atoms with Crippen LogP contribution in [-0.2, 0) is 17.4 Å². The summed E-state index contributed by atoms with van der Waals surface area (Å²) in [4.78, 5) is 16.2. The van der Waals surface area contributed by atoms with E-state index in [-0.39, 0.29) is 11.9 Å². The van der Waals surface area contributed by atoms with Crippen molar-refractivity contribution in [3.63, 3.8) is 0 Å². The van der Waals surface area contributed by atoms with Gasteiger partial charge in [-0.1, -0.05) is 25.1 Å². The first kappa shape index (κ1) is 22.7. The van der Waals surface area contributed by atoms with Gasteiger partial charge in [0.1, 0.15) is 0 Å². The number of nitrogens with zero attached hydrogens (tertiary/aromatic N) is 2. The number of carbonyl (C=O) groups is 1. The number of hydrogen-bond donors (Lipinski definition) is 0. The van der Waals surface area contributed by atoms with E-state index in [1.165, 1.54) is 12.1 Å². The van der Waals surface area contributed by atoms with Crippen LogP contribution in [0, 0.1) is 0 Å². The molecule has 1 unspecified atom stereocenters. The highest BCUT2D eigenvalue weighted by Gasteiger charge is 2.30. The lowest BCUT2D eigenvalue weighted by Crippen LogP contribution is -2.38. The minimum absolute atomic E-state index is 0.181. The van der Waals surface area contributed by atoms with Gasteiger partial charge in [-0.05, 0) is 70.2 Å². The molecular weight excluding hydrogens is 365 g/mol. The highest BCUT2D eigenvalue weighted by Crippen LogP contribution is 2.30. The fourth-order valence-electron chi connectivity index (χ4n) is 3.90. The Kier molecular flexibility index (Phi) is 8.80. The van der Waals surface area contributed by atoms with E-state index < -0.39 is 11.7 Å². The number of benzene rings is 1. The fourth-order valence-corrected chi connectivity index (χ4v) is 3.90. The normalized spacial score (nSPS) is 16.6. The molecule has 1 heterocycles. The van der Waals surface area contributed by atoms with Crippen molar-refractivity contribution in [3.8, 4) is 0 Å². The number of hydrogen-bond acceptors (Lipinski definition) is 2. The van der Waals surface area contributed by atoms with Gasteiger partial charge in [-0.2, -0.15) is 13.2 Å². The second-order valence-electron chi connectivity index (χ2n) is 7.83. The molecule has 1 aliphatic rings. The Morgan fingerprint density at radius 1 is 1.18 bits per heavy atom. The first-order chi connectivity index (χ1) is 13.3. The van der Waals surface area contributed by atoms with Crippen LogP contribution < -0.4 is 0 Å². The standard InChI is InChI=1S/C22H33F3N2O/c1-3-12-26(13-6-7-15-27-14-5-4-11-21(27)28)18(2)16-19-9-8-10-20(17-19)22(23,24)25/h8-10,17-18H,3-7,11-16H2,1-2H3. The molecule has 1 aliphatic heterocycles. The Balaban J connectivity index is 1.84. The molecule has 1 saturated heterocycles. The van der Waals surface area contributed by atoms with Crippen LogP contribution in [0.25, 0.3) is 0 Å². The smallest absolute Gasteiger partial charge is 0.343 e. The van der Waals surface area contributed by atoms with Crippen molar-refractivity contribution in [1.82, 2.24) is 9.80 Å². The van der Waals surface area contributed by atoms with E-state index in [9.17, 15) is 18.0 Å². The first-order valence-corrected chi connectivity index (χ1v) is 10.5. The lowest BCUT2D eigenvalue weighted by Gasteiger charge is -2.30. The van der Waals surface area contributed by atoms with Gasteiger partial charge < -0.3 is 9.80 Å². The molecule has 0 aliphatic carbocycles. The Bertz CT molecular complexity index is 618. The number of carbonyl (C=O) groups excluding carboxylic acids is 1. The molecule has 0 spiro atoms. The average Bonchev–Trinajstić information content (AvgIpc) is 2.65. The maximum atomic E-state index is 12.9. The van der Waals surface area contributed by atoms with E-state index in [4.69, 9.17) is 0 Å². The summed E-state index contributed by atoms with van der Waals surface area (Å²) < 4.78 is 38.8. The molecule has 1 amide bonds. The Morgan fingerprint density at radius 3 is 2.64 bits per heavy atom. The quantitative estimate of drug-likeness (QED) is 0.510. The number of halogens is 3. The van der Waals surface area contributed by atoms with E-state index in [1.54, 1.807) is 6.07 Å². The summed E-state index contributed by atoms with van der Waals surface area (Å²) in [6.07, 6.45) is 2.07. The lowest BCUT2D eigenvalue weighted by molar-refractivity contribution is -0.137. The molecule has 1 fully saturated rings. The Labute approximate surface area is 166 Å². The molecule has 158 valence electrons. The van der Waals surface area contributed by atoms with E-state index >= 15 is 0 Å². The molecule has 0 aromatic heterocycles. The highest BCUT2D eigenvalue weighted by atomic mass is 19.4. The number of rotatable bonds is 10. The molecule has 0 radical (unpaired) electrons. The molecule has 0 N–H and O–H groups in total.